The molecule has 0 fully saturated rings. The molecule has 1 aromatic carbocycles. The first-order valence-corrected chi connectivity index (χ1v) is 6.63. The first-order chi connectivity index (χ1) is 9.75. The van der Waals surface area contributed by atoms with Crippen molar-refractivity contribution < 1.29 is 29.6 Å². The Bertz CT molecular complexity index is 511. The first kappa shape index (κ1) is 17.3. The molecule has 0 saturated heterocycles. The number of hydrogen-bond donors (Lipinski definition) is 3. The largest absolute Gasteiger partial charge is 0.508 e. The maximum absolute atomic E-state index is 11.5. The Balaban J connectivity index is 3.10. The van der Waals surface area contributed by atoms with Crippen LogP contribution < -0.4 is 4.74 Å². The number of hydrogen-bond acceptors (Lipinski definition) is 6. The quantitative estimate of drug-likeness (QED) is 0.680. The Morgan fingerprint density at radius 3 is 2.48 bits per heavy atom. The summed E-state index contributed by atoms with van der Waals surface area (Å²) in [6, 6.07) is 2.84. The van der Waals surface area contributed by atoms with E-state index < -0.39 is 24.8 Å². The maximum Gasteiger partial charge on any atom is 0.308 e. The van der Waals surface area contributed by atoms with Gasteiger partial charge in [0.1, 0.15) is 18.1 Å². The molecule has 1 rings (SSSR count). The fraction of sp³-hybridized carbons (Fsp3) is 0.533. The molecule has 0 aliphatic heterocycles. The van der Waals surface area contributed by atoms with Crippen LogP contribution in [0.1, 0.15) is 25.0 Å². The van der Waals surface area contributed by atoms with E-state index in [9.17, 15) is 20.1 Å². The zero-order chi connectivity index (χ0) is 16.2. The smallest absolute Gasteiger partial charge is 0.308 e. The van der Waals surface area contributed by atoms with Gasteiger partial charge in [0.2, 0.25) is 0 Å². The zero-order valence-electron chi connectivity index (χ0n) is 12.7. The highest BCUT2D eigenvalue weighted by Crippen LogP contribution is 2.35. The predicted octanol–water partition coefficient (Wildman–Crippen LogP) is 1.09. The lowest BCUT2D eigenvalue weighted by atomic mass is 9.93. The van der Waals surface area contributed by atoms with Crippen LogP contribution in [0.3, 0.4) is 0 Å². The molecular weight excluding hydrogens is 276 g/mol. The van der Waals surface area contributed by atoms with Crippen LogP contribution >= 0.6 is 0 Å². The summed E-state index contributed by atoms with van der Waals surface area (Å²) in [6.45, 7) is 3.89. The molecule has 1 atom stereocenters. The molecule has 118 valence electrons. The lowest BCUT2D eigenvalue weighted by Gasteiger charge is -2.27. The highest BCUT2D eigenvalue weighted by molar-refractivity contribution is 5.71. The van der Waals surface area contributed by atoms with Crippen LogP contribution in [0.4, 0.5) is 0 Å². The van der Waals surface area contributed by atoms with E-state index in [1.54, 1.807) is 20.8 Å². The number of aliphatic hydroxyl groups excluding tert-OH is 1. The summed E-state index contributed by atoms with van der Waals surface area (Å²) in [4.78, 5) is 11.5. The number of aryl methyl sites for hydroxylation is 1. The fourth-order valence-corrected chi connectivity index (χ4v) is 1.83. The van der Waals surface area contributed by atoms with E-state index in [0.29, 0.717) is 11.3 Å². The molecule has 21 heavy (non-hydrogen) atoms. The van der Waals surface area contributed by atoms with Crippen LogP contribution in [0.2, 0.25) is 0 Å². The van der Waals surface area contributed by atoms with Crippen molar-refractivity contribution in [2.24, 2.45) is 5.92 Å². The number of phenolic OH excluding ortho intramolecular Hbond substituents is 1. The summed E-state index contributed by atoms with van der Waals surface area (Å²) in [5.41, 5.74) is -1.17. The standard InChI is InChI=1S/C15H22O6/c1-9(2)14(18)21-8-15(19,7-16)11-6-13(20-4)10(3)5-12(11)17/h5-6,9,16-17,19H,7-8H2,1-4H3. The van der Waals surface area contributed by atoms with Crippen molar-refractivity contribution in [3.8, 4) is 11.5 Å². The fourth-order valence-electron chi connectivity index (χ4n) is 1.83. The van der Waals surface area contributed by atoms with Gasteiger partial charge in [-0.25, -0.2) is 0 Å². The van der Waals surface area contributed by atoms with Crippen molar-refractivity contribution in [1.82, 2.24) is 0 Å². The van der Waals surface area contributed by atoms with E-state index in [0.717, 1.165) is 0 Å². The lowest BCUT2D eigenvalue weighted by molar-refractivity contribution is -0.158. The van der Waals surface area contributed by atoms with E-state index in [-0.39, 0.29) is 17.2 Å². The number of rotatable bonds is 6. The number of carbonyl (C=O) groups is 1. The van der Waals surface area contributed by atoms with Gasteiger partial charge >= 0.3 is 5.97 Å². The molecule has 0 aliphatic rings. The van der Waals surface area contributed by atoms with Crippen LogP contribution in [0.25, 0.3) is 0 Å². The molecule has 6 heteroatoms. The molecule has 1 aromatic rings. The van der Waals surface area contributed by atoms with Crippen molar-refractivity contribution in [3.05, 3.63) is 23.3 Å². The molecule has 0 bridgehead atoms. The number of carbonyl (C=O) groups excluding carboxylic acids is 1. The van der Waals surface area contributed by atoms with Gasteiger partial charge in [0.05, 0.1) is 19.6 Å². The first-order valence-electron chi connectivity index (χ1n) is 6.63. The second-order valence-corrected chi connectivity index (χ2v) is 5.29. The van der Waals surface area contributed by atoms with Gasteiger partial charge in [0.15, 0.2) is 5.60 Å². The SMILES string of the molecule is COc1cc(C(O)(CO)COC(=O)C(C)C)c(O)cc1C. The summed E-state index contributed by atoms with van der Waals surface area (Å²) in [5.74, 6) is -0.607. The lowest BCUT2D eigenvalue weighted by Crippen LogP contribution is -2.37. The summed E-state index contributed by atoms with van der Waals surface area (Å²) in [6.07, 6.45) is 0. The van der Waals surface area contributed by atoms with Crippen LogP contribution in [-0.2, 0) is 15.1 Å². The van der Waals surface area contributed by atoms with Gasteiger partial charge < -0.3 is 24.8 Å². The van der Waals surface area contributed by atoms with Gasteiger partial charge in [-0.3, -0.25) is 4.79 Å². The van der Waals surface area contributed by atoms with Crippen molar-refractivity contribution in [2.45, 2.75) is 26.4 Å². The van der Waals surface area contributed by atoms with Crippen molar-refractivity contribution in [2.75, 3.05) is 20.3 Å². The second-order valence-electron chi connectivity index (χ2n) is 5.29. The Morgan fingerprint density at radius 1 is 1.38 bits per heavy atom. The zero-order valence-corrected chi connectivity index (χ0v) is 12.7. The molecule has 0 heterocycles. The van der Waals surface area contributed by atoms with Crippen molar-refractivity contribution in [1.29, 1.82) is 0 Å². The molecular formula is C15H22O6. The normalized spacial score (nSPS) is 13.9. The minimum absolute atomic E-state index is 0.0454. The number of phenols is 1. The van der Waals surface area contributed by atoms with E-state index >= 15 is 0 Å². The summed E-state index contributed by atoms with van der Waals surface area (Å²) < 4.78 is 10.1. The molecule has 3 N–H and O–H groups in total. The summed E-state index contributed by atoms with van der Waals surface area (Å²) in [5, 5.41) is 29.9. The number of benzene rings is 1. The maximum atomic E-state index is 11.5. The molecule has 0 saturated carbocycles. The summed E-state index contributed by atoms with van der Waals surface area (Å²) >= 11 is 0. The third-order valence-electron chi connectivity index (χ3n) is 3.20. The van der Waals surface area contributed by atoms with Crippen molar-refractivity contribution >= 4 is 5.97 Å². The molecule has 0 amide bonds. The number of ether oxygens (including phenoxy) is 2. The van der Waals surface area contributed by atoms with E-state index in [2.05, 4.69) is 0 Å². The van der Waals surface area contributed by atoms with Gasteiger partial charge in [-0.05, 0) is 24.6 Å². The van der Waals surface area contributed by atoms with Crippen LogP contribution in [0.5, 0.6) is 11.5 Å². The Hall–Kier alpha value is -1.79. The minimum Gasteiger partial charge on any atom is -0.508 e. The van der Waals surface area contributed by atoms with Gasteiger partial charge in [-0.1, -0.05) is 13.8 Å². The average Bonchev–Trinajstić information content (AvgIpc) is 2.44. The van der Waals surface area contributed by atoms with Gasteiger partial charge in [-0.2, -0.15) is 0 Å². The number of esters is 1. The highest BCUT2D eigenvalue weighted by atomic mass is 16.5. The van der Waals surface area contributed by atoms with Gasteiger partial charge in [-0.15, -0.1) is 0 Å². The van der Waals surface area contributed by atoms with Gasteiger partial charge in [0, 0.05) is 5.56 Å². The molecule has 1 unspecified atom stereocenters. The highest BCUT2D eigenvalue weighted by Gasteiger charge is 2.34. The number of aromatic hydroxyl groups is 1. The average molecular weight is 298 g/mol. The van der Waals surface area contributed by atoms with Gasteiger partial charge in [0.25, 0.3) is 0 Å². The Labute approximate surface area is 123 Å². The number of methoxy groups -OCH3 is 1. The monoisotopic (exact) mass is 298 g/mol. The topological polar surface area (TPSA) is 96.2 Å². The van der Waals surface area contributed by atoms with Crippen molar-refractivity contribution in [3.63, 3.8) is 0 Å². The predicted molar refractivity (Wildman–Crippen MR) is 76.2 cm³/mol. The second kappa shape index (κ2) is 6.78. The number of aliphatic hydroxyl groups is 2. The van der Waals surface area contributed by atoms with E-state index in [1.165, 1.54) is 19.2 Å². The molecule has 0 aromatic heterocycles. The van der Waals surface area contributed by atoms with E-state index in [4.69, 9.17) is 9.47 Å². The van der Waals surface area contributed by atoms with Crippen LogP contribution in [0, 0.1) is 12.8 Å². The van der Waals surface area contributed by atoms with Crippen LogP contribution in [-0.4, -0.2) is 41.6 Å². The van der Waals surface area contributed by atoms with Crippen LogP contribution in [0.15, 0.2) is 12.1 Å². The molecule has 0 radical (unpaired) electrons. The van der Waals surface area contributed by atoms with E-state index in [1.807, 2.05) is 0 Å². The molecule has 6 nitrogen and oxygen atoms in total. The molecule has 0 spiro atoms. The summed E-state index contributed by atoms with van der Waals surface area (Å²) in [7, 11) is 1.46. The minimum atomic E-state index is -1.89. The molecule has 0 aliphatic carbocycles. The Morgan fingerprint density at radius 2 is 2.00 bits per heavy atom. The Kier molecular flexibility index (Phi) is 5.57. The third-order valence-corrected chi connectivity index (χ3v) is 3.20. The third kappa shape index (κ3) is 3.86.